The Kier molecular flexibility index (Phi) is 5.93. The molecule has 7 heteroatoms. The molecular weight excluding hydrogens is 380 g/mol. The molecule has 0 unspecified atom stereocenters. The van der Waals surface area contributed by atoms with Gasteiger partial charge in [0.05, 0.1) is 29.3 Å². The molecule has 0 aliphatic carbocycles. The summed E-state index contributed by atoms with van der Waals surface area (Å²) < 4.78 is 29.3. The number of ether oxygens (including phenoxy) is 1. The summed E-state index contributed by atoms with van der Waals surface area (Å²) in [6, 6.07) is 8.00. The molecule has 0 bridgehead atoms. The van der Waals surface area contributed by atoms with Crippen LogP contribution in [0.3, 0.4) is 0 Å². The van der Waals surface area contributed by atoms with Crippen LogP contribution in [0.25, 0.3) is 0 Å². The zero-order valence-corrected chi connectivity index (χ0v) is 18.1. The number of hydrogen-bond acceptors (Lipinski definition) is 6. The number of hydrogen-bond donors (Lipinski definition) is 0. The van der Waals surface area contributed by atoms with E-state index >= 15 is 0 Å². The van der Waals surface area contributed by atoms with Crippen LogP contribution in [-0.4, -0.2) is 43.0 Å². The third-order valence-electron chi connectivity index (χ3n) is 4.83. The molecule has 5 nitrogen and oxygen atoms in total. The summed E-state index contributed by atoms with van der Waals surface area (Å²) in [5, 5.41) is 3.21. The van der Waals surface area contributed by atoms with E-state index in [1.807, 2.05) is 24.3 Å². The second kappa shape index (κ2) is 7.89. The van der Waals surface area contributed by atoms with Crippen molar-refractivity contribution in [1.82, 2.24) is 9.88 Å². The average Bonchev–Trinajstić information content (AvgIpc) is 3.21. The van der Waals surface area contributed by atoms with Crippen LogP contribution in [0.4, 0.5) is 0 Å². The smallest absolute Gasteiger partial charge is 0.151 e. The van der Waals surface area contributed by atoms with Crippen molar-refractivity contribution in [2.24, 2.45) is 0 Å². The van der Waals surface area contributed by atoms with Gasteiger partial charge in [0.25, 0.3) is 0 Å². The van der Waals surface area contributed by atoms with Gasteiger partial charge in [0.15, 0.2) is 9.84 Å². The highest BCUT2D eigenvalue weighted by Gasteiger charge is 2.32. The van der Waals surface area contributed by atoms with E-state index in [9.17, 15) is 8.42 Å². The van der Waals surface area contributed by atoms with Crippen LogP contribution in [0.5, 0.6) is 5.75 Å². The summed E-state index contributed by atoms with van der Waals surface area (Å²) in [4.78, 5) is 7.06. The number of sulfone groups is 1. The highest BCUT2D eigenvalue weighted by Crippen LogP contribution is 2.28. The Labute approximate surface area is 166 Å². The van der Waals surface area contributed by atoms with E-state index in [2.05, 4.69) is 31.1 Å². The lowest BCUT2D eigenvalue weighted by molar-refractivity contribution is 0.192. The molecule has 1 aromatic carbocycles. The Bertz CT molecular complexity index is 867. The molecular formula is C20H28N2O3S2. The summed E-state index contributed by atoms with van der Waals surface area (Å²) in [5.74, 6) is 1.34. The standard InChI is InChI=1S/C20H28N2O3S2/c1-20(2,3)19-21-16(13-26-19)12-22(17-9-10-27(23,24)14-17)11-15-5-7-18(25-4)8-6-15/h5-8,13,17H,9-12,14H2,1-4H3/t17-/m0/s1. The van der Waals surface area contributed by atoms with Gasteiger partial charge in [0, 0.05) is 29.9 Å². The molecule has 0 amide bonds. The van der Waals surface area contributed by atoms with Gasteiger partial charge in [-0.3, -0.25) is 4.90 Å². The van der Waals surface area contributed by atoms with E-state index < -0.39 is 9.84 Å². The summed E-state index contributed by atoms with van der Waals surface area (Å²) in [6.45, 7) is 7.85. The normalized spacial score (nSPS) is 19.5. The molecule has 0 N–H and O–H groups in total. The lowest BCUT2D eigenvalue weighted by Crippen LogP contribution is -2.35. The minimum Gasteiger partial charge on any atom is -0.497 e. The van der Waals surface area contributed by atoms with E-state index in [0.717, 1.165) is 22.0 Å². The minimum atomic E-state index is -2.93. The Hall–Kier alpha value is -1.44. The van der Waals surface area contributed by atoms with E-state index in [1.165, 1.54) is 0 Å². The van der Waals surface area contributed by atoms with Gasteiger partial charge in [-0.25, -0.2) is 13.4 Å². The van der Waals surface area contributed by atoms with Gasteiger partial charge in [0.2, 0.25) is 0 Å². The lowest BCUT2D eigenvalue weighted by Gasteiger charge is -2.27. The Balaban J connectivity index is 1.80. The first-order valence-corrected chi connectivity index (χ1v) is 11.9. The van der Waals surface area contributed by atoms with Crippen LogP contribution >= 0.6 is 11.3 Å². The fourth-order valence-corrected chi connectivity index (χ4v) is 5.94. The maximum Gasteiger partial charge on any atom is 0.151 e. The minimum absolute atomic E-state index is 0.0282. The van der Waals surface area contributed by atoms with Crippen LogP contribution in [0, 0.1) is 0 Å². The van der Waals surface area contributed by atoms with Crippen molar-refractivity contribution in [3.8, 4) is 5.75 Å². The number of aromatic nitrogens is 1. The van der Waals surface area contributed by atoms with Crippen LogP contribution in [0.2, 0.25) is 0 Å². The van der Waals surface area contributed by atoms with Crippen molar-refractivity contribution in [2.45, 2.75) is 51.7 Å². The number of methoxy groups -OCH3 is 1. The summed E-state index contributed by atoms with van der Waals surface area (Å²) >= 11 is 1.68. The van der Waals surface area contributed by atoms with Crippen molar-refractivity contribution in [3.05, 3.63) is 45.9 Å². The highest BCUT2D eigenvalue weighted by atomic mass is 32.2. The summed E-state index contributed by atoms with van der Waals surface area (Å²) in [5.41, 5.74) is 2.19. The molecule has 1 fully saturated rings. The molecule has 3 rings (SSSR count). The van der Waals surface area contributed by atoms with E-state index in [4.69, 9.17) is 9.72 Å². The fraction of sp³-hybridized carbons (Fsp3) is 0.550. The van der Waals surface area contributed by atoms with Gasteiger partial charge in [0.1, 0.15) is 5.75 Å². The quantitative estimate of drug-likeness (QED) is 0.730. The fourth-order valence-electron chi connectivity index (χ4n) is 3.28. The van der Waals surface area contributed by atoms with Crippen LogP contribution in [-0.2, 0) is 28.3 Å². The topological polar surface area (TPSA) is 59.5 Å². The molecule has 1 aliphatic rings. The van der Waals surface area contributed by atoms with Crippen molar-refractivity contribution < 1.29 is 13.2 Å². The zero-order chi connectivity index (χ0) is 19.7. The molecule has 2 heterocycles. The van der Waals surface area contributed by atoms with Gasteiger partial charge < -0.3 is 4.74 Å². The van der Waals surface area contributed by atoms with Crippen LogP contribution in [0.15, 0.2) is 29.6 Å². The van der Waals surface area contributed by atoms with Crippen LogP contribution < -0.4 is 4.74 Å². The first-order valence-electron chi connectivity index (χ1n) is 9.18. The SMILES string of the molecule is COc1ccc(CN(Cc2csc(C(C)(C)C)n2)[C@H]2CCS(=O)(=O)C2)cc1. The van der Waals surface area contributed by atoms with E-state index in [0.29, 0.717) is 19.5 Å². The predicted molar refractivity (Wildman–Crippen MR) is 110 cm³/mol. The second-order valence-electron chi connectivity index (χ2n) is 8.20. The van der Waals surface area contributed by atoms with Crippen molar-refractivity contribution in [2.75, 3.05) is 18.6 Å². The molecule has 1 saturated heterocycles. The molecule has 0 spiro atoms. The molecule has 148 valence electrons. The highest BCUT2D eigenvalue weighted by molar-refractivity contribution is 7.91. The number of nitrogens with zero attached hydrogens (tertiary/aromatic N) is 2. The predicted octanol–water partition coefficient (Wildman–Crippen LogP) is 3.64. The third kappa shape index (κ3) is 5.30. The summed E-state index contributed by atoms with van der Waals surface area (Å²) in [7, 11) is -1.28. The van der Waals surface area contributed by atoms with E-state index in [-0.39, 0.29) is 23.0 Å². The molecule has 0 saturated carbocycles. The van der Waals surface area contributed by atoms with Gasteiger partial charge in [-0.2, -0.15) is 0 Å². The third-order valence-corrected chi connectivity index (χ3v) is 7.90. The van der Waals surface area contributed by atoms with Gasteiger partial charge >= 0.3 is 0 Å². The molecule has 27 heavy (non-hydrogen) atoms. The molecule has 2 aromatic rings. The maximum atomic E-state index is 12.0. The van der Waals surface area contributed by atoms with Crippen molar-refractivity contribution in [3.63, 3.8) is 0 Å². The Morgan fingerprint density at radius 2 is 1.93 bits per heavy atom. The monoisotopic (exact) mass is 408 g/mol. The molecule has 0 radical (unpaired) electrons. The van der Waals surface area contributed by atoms with Crippen molar-refractivity contribution in [1.29, 1.82) is 0 Å². The van der Waals surface area contributed by atoms with Gasteiger partial charge in [-0.05, 0) is 24.1 Å². The molecule has 1 aliphatic heterocycles. The second-order valence-corrected chi connectivity index (χ2v) is 11.3. The van der Waals surface area contributed by atoms with Crippen molar-refractivity contribution >= 4 is 21.2 Å². The maximum absolute atomic E-state index is 12.0. The van der Waals surface area contributed by atoms with Gasteiger partial charge in [-0.1, -0.05) is 32.9 Å². The summed E-state index contributed by atoms with van der Waals surface area (Å²) in [6.07, 6.45) is 0.689. The number of rotatable bonds is 6. The Morgan fingerprint density at radius 3 is 2.44 bits per heavy atom. The lowest BCUT2D eigenvalue weighted by atomic mass is 9.98. The van der Waals surface area contributed by atoms with Crippen LogP contribution in [0.1, 0.15) is 43.5 Å². The molecule has 1 atom stereocenters. The zero-order valence-electron chi connectivity index (χ0n) is 16.4. The molecule has 1 aromatic heterocycles. The van der Waals surface area contributed by atoms with Gasteiger partial charge in [-0.15, -0.1) is 11.3 Å². The Morgan fingerprint density at radius 1 is 1.22 bits per heavy atom. The average molecular weight is 409 g/mol. The number of benzene rings is 1. The first-order chi connectivity index (χ1) is 12.7. The number of thiazole rings is 1. The largest absolute Gasteiger partial charge is 0.497 e. The first kappa shape index (κ1) is 20.3. The van der Waals surface area contributed by atoms with E-state index in [1.54, 1.807) is 18.4 Å².